The Hall–Kier alpha value is -2.43. The zero-order valence-electron chi connectivity index (χ0n) is 14.0. The topological polar surface area (TPSA) is 63.5 Å². The van der Waals surface area contributed by atoms with Crippen molar-refractivity contribution in [1.29, 1.82) is 0 Å². The molecule has 0 radical (unpaired) electrons. The SMILES string of the molecule is CC(C)C1=Nc2c(c3ccccc3n2C2CCC(=O)NC2=O)CC1. The van der Waals surface area contributed by atoms with E-state index in [4.69, 9.17) is 4.99 Å². The molecular weight excluding hydrogens is 302 g/mol. The number of para-hydroxylation sites is 1. The van der Waals surface area contributed by atoms with Crippen LogP contribution >= 0.6 is 0 Å². The molecule has 1 aromatic heterocycles. The second-order valence-electron chi connectivity index (χ2n) is 6.91. The van der Waals surface area contributed by atoms with Crippen LogP contribution in [0, 0.1) is 5.92 Å². The highest BCUT2D eigenvalue weighted by Gasteiger charge is 2.33. The van der Waals surface area contributed by atoms with E-state index in [9.17, 15) is 9.59 Å². The van der Waals surface area contributed by atoms with Crippen LogP contribution in [0.25, 0.3) is 10.9 Å². The standard InChI is InChI=1S/C19H21N3O2/c1-11(2)14-8-7-13-12-5-3-4-6-15(12)22(18(13)20-14)16-9-10-17(23)21-19(16)24/h3-6,11,16H,7-10H2,1-2H3,(H,21,23,24). The molecule has 24 heavy (non-hydrogen) atoms. The number of hydrogen-bond donors (Lipinski definition) is 1. The summed E-state index contributed by atoms with van der Waals surface area (Å²) in [5, 5.41) is 3.65. The Kier molecular flexibility index (Phi) is 3.52. The van der Waals surface area contributed by atoms with Gasteiger partial charge in [0, 0.05) is 23.1 Å². The van der Waals surface area contributed by atoms with Crippen molar-refractivity contribution >= 4 is 34.2 Å². The van der Waals surface area contributed by atoms with Crippen LogP contribution < -0.4 is 5.32 Å². The summed E-state index contributed by atoms with van der Waals surface area (Å²) < 4.78 is 2.05. The van der Waals surface area contributed by atoms with E-state index < -0.39 is 0 Å². The molecule has 1 atom stereocenters. The number of piperidine rings is 1. The van der Waals surface area contributed by atoms with Gasteiger partial charge in [0.2, 0.25) is 11.8 Å². The third-order valence-electron chi connectivity index (χ3n) is 5.06. The summed E-state index contributed by atoms with van der Waals surface area (Å²) >= 11 is 0. The fourth-order valence-electron chi connectivity index (χ4n) is 3.79. The average molecular weight is 323 g/mol. The highest BCUT2D eigenvalue weighted by Crippen LogP contribution is 2.40. The number of amides is 2. The van der Waals surface area contributed by atoms with Crippen molar-refractivity contribution in [2.75, 3.05) is 0 Å². The number of nitrogens with one attached hydrogen (secondary N) is 1. The molecular formula is C19H21N3O2. The lowest BCUT2D eigenvalue weighted by molar-refractivity contribution is -0.135. The van der Waals surface area contributed by atoms with Gasteiger partial charge in [-0.25, -0.2) is 4.99 Å². The molecule has 0 bridgehead atoms. The van der Waals surface area contributed by atoms with Crippen LogP contribution in [0.1, 0.15) is 44.7 Å². The molecule has 3 heterocycles. The van der Waals surface area contributed by atoms with Gasteiger partial charge < -0.3 is 4.57 Å². The first-order valence-electron chi connectivity index (χ1n) is 8.59. The molecule has 2 aromatic rings. The van der Waals surface area contributed by atoms with Gasteiger partial charge in [0.1, 0.15) is 11.9 Å². The Bertz CT molecular complexity index is 876. The van der Waals surface area contributed by atoms with Gasteiger partial charge in [-0.1, -0.05) is 32.0 Å². The minimum absolute atomic E-state index is 0.187. The number of carbonyl (C=O) groups excluding carboxylic acids is 2. The Morgan fingerprint density at radius 3 is 2.71 bits per heavy atom. The average Bonchev–Trinajstić information content (AvgIpc) is 2.89. The van der Waals surface area contributed by atoms with E-state index in [0.717, 1.165) is 24.2 Å². The number of hydrogen-bond acceptors (Lipinski definition) is 3. The smallest absolute Gasteiger partial charge is 0.249 e. The minimum Gasteiger partial charge on any atom is -0.313 e. The molecule has 0 saturated carbocycles. The highest BCUT2D eigenvalue weighted by molar-refractivity contribution is 6.02. The van der Waals surface area contributed by atoms with Crippen molar-refractivity contribution < 1.29 is 9.59 Å². The number of imide groups is 1. The van der Waals surface area contributed by atoms with E-state index in [2.05, 4.69) is 25.2 Å². The van der Waals surface area contributed by atoms with Crippen molar-refractivity contribution in [3.8, 4) is 0 Å². The lowest BCUT2D eigenvalue weighted by Gasteiger charge is -2.25. The van der Waals surface area contributed by atoms with Crippen LogP contribution in [0.15, 0.2) is 29.3 Å². The first kappa shape index (κ1) is 15.1. The summed E-state index contributed by atoms with van der Waals surface area (Å²) in [6.45, 7) is 4.31. The van der Waals surface area contributed by atoms with Crippen LogP contribution in [0.4, 0.5) is 5.82 Å². The summed E-state index contributed by atoms with van der Waals surface area (Å²) in [5.74, 6) is 0.890. The van der Waals surface area contributed by atoms with Crippen molar-refractivity contribution in [2.24, 2.45) is 10.9 Å². The predicted octanol–water partition coefficient (Wildman–Crippen LogP) is 3.29. The van der Waals surface area contributed by atoms with E-state index in [1.165, 1.54) is 16.7 Å². The first-order valence-corrected chi connectivity index (χ1v) is 8.59. The molecule has 2 aliphatic heterocycles. The third kappa shape index (κ3) is 2.27. The quantitative estimate of drug-likeness (QED) is 0.862. The fraction of sp³-hybridized carbons (Fsp3) is 0.421. The van der Waals surface area contributed by atoms with Crippen LogP contribution in [0.3, 0.4) is 0 Å². The molecule has 1 unspecified atom stereocenters. The van der Waals surface area contributed by atoms with E-state index in [-0.39, 0.29) is 17.9 Å². The second-order valence-corrected chi connectivity index (χ2v) is 6.91. The molecule has 0 aliphatic carbocycles. The van der Waals surface area contributed by atoms with Crippen molar-refractivity contribution in [3.63, 3.8) is 0 Å². The Labute approximate surface area is 140 Å². The van der Waals surface area contributed by atoms with E-state index in [1.54, 1.807) is 0 Å². The summed E-state index contributed by atoms with van der Waals surface area (Å²) in [7, 11) is 0. The highest BCUT2D eigenvalue weighted by atomic mass is 16.2. The van der Waals surface area contributed by atoms with Crippen LogP contribution in [0.5, 0.6) is 0 Å². The van der Waals surface area contributed by atoms with Crippen molar-refractivity contribution in [2.45, 2.75) is 45.6 Å². The lowest BCUT2D eigenvalue weighted by Crippen LogP contribution is -2.41. The number of aryl methyl sites for hydroxylation is 1. The normalized spacial score (nSPS) is 21.0. The Morgan fingerprint density at radius 1 is 1.17 bits per heavy atom. The molecule has 1 fully saturated rings. The summed E-state index contributed by atoms with van der Waals surface area (Å²) in [6.07, 6.45) is 2.82. The predicted molar refractivity (Wildman–Crippen MR) is 93.6 cm³/mol. The first-order chi connectivity index (χ1) is 11.6. The van der Waals surface area contributed by atoms with E-state index >= 15 is 0 Å². The fourth-order valence-corrected chi connectivity index (χ4v) is 3.79. The molecule has 4 rings (SSSR count). The molecule has 5 nitrogen and oxygen atoms in total. The number of rotatable bonds is 2. The summed E-state index contributed by atoms with van der Waals surface area (Å²) in [6, 6.07) is 7.79. The zero-order valence-corrected chi connectivity index (χ0v) is 14.0. The van der Waals surface area contributed by atoms with Gasteiger partial charge in [-0.3, -0.25) is 14.9 Å². The lowest BCUT2D eigenvalue weighted by atomic mass is 9.96. The molecule has 124 valence electrons. The maximum Gasteiger partial charge on any atom is 0.249 e. The maximum atomic E-state index is 12.4. The molecule has 1 N–H and O–H groups in total. The van der Waals surface area contributed by atoms with Crippen LogP contribution in [-0.2, 0) is 16.0 Å². The maximum absolute atomic E-state index is 12.4. The largest absolute Gasteiger partial charge is 0.313 e. The number of benzene rings is 1. The Balaban J connectivity index is 1.94. The van der Waals surface area contributed by atoms with E-state index in [0.29, 0.717) is 18.8 Å². The van der Waals surface area contributed by atoms with Crippen molar-refractivity contribution in [3.05, 3.63) is 29.8 Å². The number of carbonyl (C=O) groups is 2. The van der Waals surface area contributed by atoms with Gasteiger partial charge in [-0.2, -0.15) is 0 Å². The van der Waals surface area contributed by atoms with Crippen LogP contribution in [-0.4, -0.2) is 22.1 Å². The molecule has 0 spiro atoms. The summed E-state index contributed by atoms with van der Waals surface area (Å²) in [5.41, 5.74) is 3.43. The molecule has 5 heteroatoms. The number of aliphatic imine (C=N–C) groups is 1. The number of aromatic nitrogens is 1. The zero-order chi connectivity index (χ0) is 16.8. The Morgan fingerprint density at radius 2 is 1.96 bits per heavy atom. The van der Waals surface area contributed by atoms with Gasteiger partial charge in [0.25, 0.3) is 0 Å². The molecule has 2 aliphatic rings. The van der Waals surface area contributed by atoms with Gasteiger partial charge in [-0.15, -0.1) is 0 Å². The summed E-state index contributed by atoms with van der Waals surface area (Å²) in [4.78, 5) is 28.9. The second kappa shape index (κ2) is 5.58. The minimum atomic E-state index is -0.369. The van der Waals surface area contributed by atoms with Gasteiger partial charge in [-0.05, 0) is 31.2 Å². The van der Waals surface area contributed by atoms with Crippen molar-refractivity contribution in [1.82, 2.24) is 9.88 Å². The van der Waals surface area contributed by atoms with Gasteiger partial charge in [0.15, 0.2) is 0 Å². The van der Waals surface area contributed by atoms with Crippen LogP contribution in [0.2, 0.25) is 0 Å². The number of fused-ring (bicyclic) bond motifs is 3. The molecule has 1 saturated heterocycles. The monoisotopic (exact) mass is 323 g/mol. The molecule has 2 amide bonds. The third-order valence-corrected chi connectivity index (χ3v) is 5.06. The van der Waals surface area contributed by atoms with E-state index in [1.807, 2.05) is 22.8 Å². The van der Waals surface area contributed by atoms with Gasteiger partial charge in [0.05, 0.1) is 5.52 Å². The molecule has 1 aromatic carbocycles. The number of nitrogens with zero attached hydrogens (tertiary/aromatic N) is 2. The van der Waals surface area contributed by atoms with Gasteiger partial charge >= 0.3 is 0 Å².